The zero-order valence-corrected chi connectivity index (χ0v) is 67.5. The van der Waals surface area contributed by atoms with Crippen molar-refractivity contribution in [1.29, 1.82) is 0 Å². The van der Waals surface area contributed by atoms with Gasteiger partial charge in [-0.3, -0.25) is 52.8 Å². The molecule has 2 aliphatic heterocycles. The van der Waals surface area contributed by atoms with E-state index in [-0.39, 0.29) is 63.0 Å². The third-order valence-corrected chi connectivity index (χ3v) is 22.8. The number of rotatable bonds is 38. The first-order valence-electron chi connectivity index (χ1n) is 38.9. The summed E-state index contributed by atoms with van der Waals surface area (Å²) >= 11 is 1.32. The number of esters is 4. The normalized spacial score (nSPS) is 21.3. The standard InChI is InChI=1S/C86H113N5O20S/c1-14-42-106-76(99)46-59(80(101)90-49-64(109-63-36-27-28-57(43-63)50-105-13)47-67(90)79(100)89-78(81(102)110-83(7,8)9)54(4)72(108-56(6)93)51-107-55(5)92)44-71(96)66(52-112-86(60-30-19-16-20-31-60,61-32-21-17-22-33-61)62-34-23-18-24-35-62)87-74(97)41-39-70(95)77(53(3)15-2)88-75(98)40-38-69(94)68-48-85(104)65-37-26-25-29-58(65)45-73(85)91(68)82(103)111-84(10,11)12/h14,16-26,29-35,37,53-54,57,59,63-64,66-68,72-73,77-78,104H,1,15,27-28,36,38-52H2,2-13H3,(H,87,97)(H,88,98)(H,89,100)/t53?,54?,57?,59-,63?,64?,66?,67-,68?,72-,73?,77?,78?,85?/m0/s1. The summed E-state index contributed by atoms with van der Waals surface area (Å²) in [7, 11) is 1.62. The second-order valence-electron chi connectivity index (χ2n) is 32.0. The molecule has 5 amide bonds. The number of thioether (sulfide) groups is 1. The number of Topliss-reactive ketones (excluding diaryl/α,β-unsaturated/α-hetero) is 3. The second kappa shape index (κ2) is 40.1. The Bertz CT molecular complexity index is 3860. The van der Waals surface area contributed by atoms with Gasteiger partial charge >= 0.3 is 30.0 Å². The van der Waals surface area contributed by atoms with E-state index in [1.807, 2.05) is 110 Å². The Balaban J connectivity index is 1.10. The van der Waals surface area contributed by atoms with Gasteiger partial charge in [0.25, 0.3) is 0 Å². The maximum Gasteiger partial charge on any atom is 0.411 e. The van der Waals surface area contributed by atoms with E-state index in [4.69, 9.17) is 33.2 Å². The quantitative estimate of drug-likeness (QED) is 0.0140. The van der Waals surface area contributed by atoms with Gasteiger partial charge in [-0.15, -0.1) is 11.8 Å². The van der Waals surface area contributed by atoms with Gasteiger partial charge < -0.3 is 59.1 Å². The van der Waals surface area contributed by atoms with Crippen molar-refractivity contribution >= 4 is 82.7 Å². The number of fused-ring (bicyclic) bond motifs is 3. The second-order valence-corrected chi connectivity index (χ2v) is 33.2. The third-order valence-electron chi connectivity index (χ3n) is 21.2. The minimum Gasteiger partial charge on any atom is -0.462 e. The van der Waals surface area contributed by atoms with Gasteiger partial charge in [0.15, 0.2) is 17.3 Å². The lowest BCUT2D eigenvalue weighted by atomic mass is 9.84. The van der Waals surface area contributed by atoms with Crippen LogP contribution < -0.4 is 16.0 Å². The maximum atomic E-state index is 16.0. The molecule has 4 aromatic rings. The van der Waals surface area contributed by atoms with Crippen molar-refractivity contribution in [2.45, 2.75) is 242 Å². The van der Waals surface area contributed by atoms with Crippen molar-refractivity contribution in [3.63, 3.8) is 0 Å². The number of carbonyl (C=O) groups excluding carboxylic acids is 12. The first kappa shape index (κ1) is 88.5. The molecule has 4 aliphatic rings. The Kier molecular flexibility index (Phi) is 31.6. The van der Waals surface area contributed by atoms with Crippen LogP contribution in [0.25, 0.3) is 0 Å². The smallest absolute Gasteiger partial charge is 0.411 e. The largest absolute Gasteiger partial charge is 0.462 e. The Morgan fingerprint density at radius 3 is 1.86 bits per heavy atom. The fraction of sp³-hybridized carbons (Fsp3) is 0.558. The highest BCUT2D eigenvalue weighted by Crippen LogP contribution is 2.51. The lowest BCUT2D eigenvalue weighted by Crippen LogP contribution is -2.57. The Morgan fingerprint density at radius 1 is 0.679 bits per heavy atom. The summed E-state index contributed by atoms with van der Waals surface area (Å²) in [5.41, 5.74) is 0.273. The van der Waals surface area contributed by atoms with Crippen LogP contribution in [0.2, 0.25) is 0 Å². The predicted molar refractivity (Wildman–Crippen MR) is 418 cm³/mol. The first-order chi connectivity index (χ1) is 53.1. The number of ketones is 3. The topological polar surface area (TPSA) is 332 Å². The molecule has 14 atom stereocenters. The number of hydrogen-bond acceptors (Lipinski definition) is 21. The third kappa shape index (κ3) is 23.5. The Hall–Kier alpha value is -9.11. The molecule has 26 heteroatoms. The molecule has 4 N–H and O–H groups in total. The van der Waals surface area contributed by atoms with Gasteiger partial charge in [-0.25, -0.2) is 9.59 Å². The maximum absolute atomic E-state index is 16.0. The molecule has 2 heterocycles. The highest BCUT2D eigenvalue weighted by molar-refractivity contribution is 8.00. The number of likely N-dealkylation sites (tertiary alicyclic amines) is 2. The lowest BCUT2D eigenvalue weighted by Gasteiger charge is -2.36. The molecule has 608 valence electrons. The van der Waals surface area contributed by atoms with Crippen LogP contribution in [-0.2, 0) is 103 Å². The molecule has 2 saturated heterocycles. The fourth-order valence-corrected chi connectivity index (χ4v) is 17.2. The van der Waals surface area contributed by atoms with E-state index in [0.717, 1.165) is 48.9 Å². The van der Waals surface area contributed by atoms with Crippen LogP contribution in [0.1, 0.15) is 187 Å². The molecule has 0 bridgehead atoms. The summed E-state index contributed by atoms with van der Waals surface area (Å²) in [4.78, 5) is 175. The van der Waals surface area contributed by atoms with Gasteiger partial charge in [0.1, 0.15) is 48.2 Å². The highest BCUT2D eigenvalue weighted by Gasteiger charge is 2.60. The summed E-state index contributed by atoms with van der Waals surface area (Å²) < 4.78 is 39.2. The van der Waals surface area contributed by atoms with Crippen molar-refractivity contribution in [3.8, 4) is 0 Å². The number of carbonyl (C=O) groups is 12. The number of hydrogen-bond donors (Lipinski definition) is 4. The molecule has 112 heavy (non-hydrogen) atoms. The highest BCUT2D eigenvalue weighted by atomic mass is 32.2. The molecule has 1 saturated carbocycles. The van der Waals surface area contributed by atoms with Crippen LogP contribution in [0.5, 0.6) is 0 Å². The van der Waals surface area contributed by atoms with Crippen molar-refractivity contribution < 1.29 is 95.8 Å². The van der Waals surface area contributed by atoms with Crippen LogP contribution in [0, 0.1) is 23.7 Å². The summed E-state index contributed by atoms with van der Waals surface area (Å²) in [5.74, 6) is -11.4. The van der Waals surface area contributed by atoms with Crippen LogP contribution >= 0.6 is 11.8 Å². The van der Waals surface area contributed by atoms with Crippen molar-refractivity contribution in [1.82, 2.24) is 25.8 Å². The number of nitrogens with one attached hydrogen (secondary N) is 3. The molecular weight excluding hydrogens is 1460 g/mol. The fourth-order valence-electron chi connectivity index (χ4n) is 15.6. The SMILES string of the molecule is C=CCOC(=O)C[C@H](CC(=O)C(CSC(c1ccccc1)(c1ccccc1)c1ccccc1)NC(=O)CCC(=O)C(NC(=O)CCC(=O)C1CC2(O)c3ccccc3CC2N1C(=O)OC(C)(C)C)C(C)CC)C(=O)N1CC(OC2CCCC(COC)C2)C[C@H]1C(=O)NC(C(=O)OC(C)(C)C)C(C)[C@H](COC(C)=O)OC(C)=O. The van der Waals surface area contributed by atoms with E-state index < -0.39 is 191 Å². The van der Waals surface area contributed by atoms with Crippen molar-refractivity contribution in [2.24, 2.45) is 23.7 Å². The average Bonchev–Trinajstić information content (AvgIpc) is 1.56. The molecule has 3 fully saturated rings. The van der Waals surface area contributed by atoms with Crippen LogP contribution in [0.15, 0.2) is 128 Å². The van der Waals surface area contributed by atoms with E-state index in [1.165, 1.54) is 34.6 Å². The van der Waals surface area contributed by atoms with E-state index in [2.05, 4.69) is 22.5 Å². The minimum atomic E-state index is -1.60. The zero-order chi connectivity index (χ0) is 81.8. The summed E-state index contributed by atoms with van der Waals surface area (Å²) in [6, 6.07) is 28.3. The van der Waals surface area contributed by atoms with E-state index in [1.54, 1.807) is 67.7 Å². The minimum absolute atomic E-state index is 0.119. The van der Waals surface area contributed by atoms with Crippen LogP contribution in [-0.4, -0.2) is 191 Å². The Labute approximate surface area is 661 Å². The molecule has 25 nitrogen and oxygen atoms in total. The van der Waals surface area contributed by atoms with Gasteiger partial charge in [-0.05, 0) is 107 Å². The van der Waals surface area contributed by atoms with Crippen LogP contribution in [0.3, 0.4) is 0 Å². The molecule has 0 aromatic heterocycles. The van der Waals surface area contributed by atoms with Crippen molar-refractivity contribution in [2.75, 3.05) is 39.2 Å². The summed E-state index contributed by atoms with van der Waals surface area (Å²) in [5, 5.41) is 20.8. The molecule has 0 spiro atoms. The van der Waals surface area contributed by atoms with Gasteiger partial charge in [-0.1, -0.05) is 162 Å². The number of nitrogens with zero attached hydrogens (tertiary/aromatic N) is 2. The average molecular weight is 1570 g/mol. The number of methoxy groups -OCH3 is 1. The van der Waals surface area contributed by atoms with Gasteiger partial charge in [0.2, 0.25) is 23.6 Å². The molecule has 8 rings (SSSR count). The number of benzene rings is 4. The lowest BCUT2D eigenvalue weighted by molar-refractivity contribution is -0.168. The van der Waals surface area contributed by atoms with Crippen molar-refractivity contribution in [3.05, 3.63) is 156 Å². The van der Waals surface area contributed by atoms with Gasteiger partial charge in [0, 0.05) is 90.7 Å². The number of amides is 5. The summed E-state index contributed by atoms with van der Waals surface area (Å²) in [6.07, 6.45) is -1.54. The number of aliphatic hydroxyl groups is 1. The molecule has 0 radical (unpaired) electrons. The summed E-state index contributed by atoms with van der Waals surface area (Å²) in [6.45, 7) is 20.5. The zero-order valence-electron chi connectivity index (χ0n) is 66.7. The molecule has 4 aromatic carbocycles. The van der Waals surface area contributed by atoms with Crippen LogP contribution in [0.4, 0.5) is 4.79 Å². The monoisotopic (exact) mass is 1570 g/mol. The van der Waals surface area contributed by atoms with E-state index in [9.17, 15) is 48.3 Å². The Morgan fingerprint density at radius 2 is 1.28 bits per heavy atom. The molecule has 2 aliphatic carbocycles. The van der Waals surface area contributed by atoms with Gasteiger partial charge in [0.05, 0.1) is 53.5 Å². The first-order valence-corrected chi connectivity index (χ1v) is 39.9. The predicted octanol–water partition coefficient (Wildman–Crippen LogP) is 10.1. The molecular formula is C86H113N5O20S. The molecule has 11 unspecified atom stereocenters. The number of ether oxygens (including phenoxy) is 7. The van der Waals surface area contributed by atoms with E-state index >= 15 is 14.4 Å². The van der Waals surface area contributed by atoms with E-state index in [0.29, 0.717) is 31.4 Å². The van der Waals surface area contributed by atoms with Gasteiger partial charge in [-0.2, -0.15) is 0 Å².